The van der Waals surface area contributed by atoms with Crippen LogP contribution in [-0.2, 0) is 19.3 Å². The number of aryl methyl sites for hydroxylation is 3. The van der Waals surface area contributed by atoms with Gasteiger partial charge in [0.2, 0.25) is 0 Å². The highest BCUT2D eigenvalue weighted by Gasteiger charge is 2.17. The molecule has 2 heterocycles. The molecule has 0 aromatic carbocycles. The van der Waals surface area contributed by atoms with E-state index in [1.807, 2.05) is 22.7 Å². The number of hydrogen-bond acceptors (Lipinski definition) is 3. The molecule has 0 spiro atoms. The molecule has 0 amide bonds. The SMILES string of the molecule is NC(CCc1cccs1)c1cc2c(s1)CCC2. The van der Waals surface area contributed by atoms with Gasteiger partial charge in [-0.05, 0) is 55.2 Å². The van der Waals surface area contributed by atoms with Crippen molar-refractivity contribution in [2.45, 2.75) is 38.1 Å². The standard InChI is InChI=1S/C14H17NS2/c15-12(7-6-11-4-2-8-16-11)14-9-10-3-1-5-13(10)17-14/h2,4,8-9,12H,1,3,5-7,15H2. The van der Waals surface area contributed by atoms with Crippen molar-refractivity contribution < 1.29 is 0 Å². The third-order valence-electron chi connectivity index (χ3n) is 3.41. The van der Waals surface area contributed by atoms with E-state index >= 15 is 0 Å². The molecule has 0 saturated heterocycles. The molecule has 0 saturated carbocycles. The summed E-state index contributed by atoms with van der Waals surface area (Å²) in [6.45, 7) is 0. The summed E-state index contributed by atoms with van der Waals surface area (Å²) in [5, 5.41) is 2.14. The van der Waals surface area contributed by atoms with Crippen molar-refractivity contribution in [2.75, 3.05) is 0 Å². The minimum absolute atomic E-state index is 0.229. The van der Waals surface area contributed by atoms with Gasteiger partial charge in [-0.25, -0.2) is 0 Å². The smallest absolute Gasteiger partial charge is 0.0393 e. The van der Waals surface area contributed by atoms with E-state index in [9.17, 15) is 0 Å². The van der Waals surface area contributed by atoms with Crippen LogP contribution in [0, 0.1) is 0 Å². The second kappa shape index (κ2) is 4.92. The van der Waals surface area contributed by atoms with Crippen molar-refractivity contribution in [3.63, 3.8) is 0 Å². The molecule has 17 heavy (non-hydrogen) atoms. The quantitative estimate of drug-likeness (QED) is 0.888. The Labute approximate surface area is 110 Å². The molecule has 0 fully saturated rings. The summed E-state index contributed by atoms with van der Waals surface area (Å²) in [5.41, 5.74) is 7.85. The number of nitrogens with two attached hydrogens (primary N) is 1. The fourth-order valence-electron chi connectivity index (χ4n) is 2.43. The van der Waals surface area contributed by atoms with Crippen LogP contribution < -0.4 is 5.73 Å². The highest BCUT2D eigenvalue weighted by molar-refractivity contribution is 7.12. The van der Waals surface area contributed by atoms with E-state index in [1.165, 1.54) is 29.0 Å². The fraction of sp³-hybridized carbons (Fsp3) is 0.429. The first kappa shape index (κ1) is 11.5. The maximum absolute atomic E-state index is 6.29. The van der Waals surface area contributed by atoms with Gasteiger partial charge in [0.05, 0.1) is 0 Å². The van der Waals surface area contributed by atoms with Crippen LogP contribution >= 0.6 is 22.7 Å². The lowest BCUT2D eigenvalue weighted by molar-refractivity contribution is 0.665. The molecule has 2 N–H and O–H groups in total. The zero-order valence-electron chi connectivity index (χ0n) is 9.82. The molecular weight excluding hydrogens is 246 g/mol. The van der Waals surface area contributed by atoms with Crippen molar-refractivity contribution >= 4 is 22.7 Å². The minimum atomic E-state index is 0.229. The van der Waals surface area contributed by atoms with Crippen LogP contribution in [-0.4, -0.2) is 0 Å². The van der Waals surface area contributed by atoms with Crippen molar-refractivity contribution in [3.05, 3.63) is 43.8 Å². The van der Waals surface area contributed by atoms with Gasteiger partial charge in [-0.1, -0.05) is 6.07 Å². The largest absolute Gasteiger partial charge is 0.323 e. The van der Waals surface area contributed by atoms with Crippen LogP contribution in [0.5, 0.6) is 0 Å². The Kier molecular flexibility index (Phi) is 3.32. The normalized spacial score (nSPS) is 16.1. The minimum Gasteiger partial charge on any atom is -0.323 e. The van der Waals surface area contributed by atoms with Crippen molar-refractivity contribution in [3.8, 4) is 0 Å². The molecule has 2 aromatic heterocycles. The first-order chi connectivity index (χ1) is 8.33. The second-order valence-corrected chi connectivity index (χ2v) is 6.88. The lowest BCUT2D eigenvalue weighted by Gasteiger charge is -2.08. The van der Waals surface area contributed by atoms with Crippen LogP contribution in [0.4, 0.5) is 0 Å². The van der Waals surface area contributed by atoms with Gasteiger partial charge >= 0.3 is 0 Å². The molecule has 3 rings (SSSR count). The molecule has 1 aliphatic carbocycles. The van der Waals surface area contributed by atoms with Crippen LogP contribution in [0.2, 0.25) is 0 Å². The van der Waals surface area contributed by atoms with E-state index in [1.54, 1.807) is 10.4 Å². The van der Waals surface area contributed by atoms with Crippen molar-refractivity contribution in [1.29, 1.82) is 0 Å². The summed E-state index contributed by atoms with van der Waals surface area (Å²) in [6.07, 6.45) is 6.06. The number of hydrogen-bond donors (Lipinski definition) is 1. The average Bonchev–Trinajstić information content (AvgIpc) is 3.01. The summed E-state index contributed by atoms with van der Waals surface area (Å²) in [7, 11) is 0. The van der Waals surface area contributed by atoms with E-state index < -0.39 is 0 Å². The molecular formula is C14H17NS2. The van der Waals surface area contributed by atoms with Gasteiger partial charge < -0.3 is 5.73 Å². The van der Waals surface area contributed by atoms with Crippen LogP contribution in [0.25, 0.3) is 0 Å². The van der Waals surface area contributed by atoms with E-state index in [4.69, 9.17) is 5.73 Å². The lowest BCUT2D eigenvalue weighted by atomic mass is 10.1. The Balaban J connectivity index is 1.63. The van der Waals surface area contributed by atoms with Gasteiger partial charge in [-0.3, -0.25) is 0 Å². The summed E-state index contributed by atoms with van der Waals surface area (Å²) in [6, 6.07) is 6.90. The highest BCUT2D eigenvalue weighted by Crippen LogP contribution is 2.34. The summed E-state index contributed by atoms with van der Waals surface area (Å²) in [4.78, 5) is 4.43. The maximum atomic E-state index is 6.29. The topological polar surface area (TPSA) is 26.0 Å². The van der Waals surface area contributed by atoms with Gasteiger partial charge in [0.15, 0.2) is 0 Å². The predicted octanol–water partition coefficient (Wildman–Crippen LogP) is 3.93. The lowest BCUT2D eigenvalue weighted by Crippen LogP contribution is -2.09. The molecule has 0 bridgehead atoms. The molecule has 3 heteroatoms. The molecule has 90 valence electrons. The third-order valence-corrected chi connectivity index (χ3v) is 5.72. The van der Waals surface area contributed by atoms with Crippen LogP contribution in [0.1, 0.15) is 39.1 Å². The third kappa shape index (κ3) is 2.46. The molecule has 0 radical (unpaired) electrons. The Morgan fingerprint density at radius 3 is 3.06 bits per heavy atom. The summed E-state index contributed by atoms with van der Waals surface area (Å²) in [5.74, 6) is 0. The predicted molar refractivity (Wildman–Crippen MR) is 75.9 cm³/mol. The van der Waals surface area contributed by atoms with E-state index in [2.05, 4.69) is 23.6 Å². The van der Waals surface area contributed by atoms with Gasteiger partial charge in [0.1, 0.15) is 0 Å². The first-order valence-corrected chi connectivity index (χ1v) is 7.92. The molecule has 0 aliphatic heterocycles. The summed E-state index contributed by atoms with van der Waals surface area (Å²) < 4.78 is 0. The van der Waals surface area contributed by atoms with Gasteiger partial charge in [-0.15, -0.1) is 22.7 Å². The fourth-order valence-corrected chi connectivity index (χ4v) is 4.45. The van der Waals surface area contributed by atoms with Crippen LogP contribution in [0.3, 0.4) is 0 Å². The Bertz CT molecular complexity index is 463. The molecule has 2 aromatic rings. The Morgan fingerprint density at radius 1 is 1.35 bits per heavy atom. The second-order valence-electron chi connectivity index (χ2n) is 4.68. The zero-order chi connectivity index (χ0) is 11.7. The molecule has 1 aliphatic rings. The monoisotopic (exact) mass is 263 g/mol. The van der Waals surface area contributed by atoms with Gasteiger partial charge in [-0.2, -0.15) is 0 Å². The molecule has 1 atom stereocenters. The highest BCUT2D eigenvalue weighted by atomic mass is 32.1. The van der Waals surface area contributed by atoms with E-state index in [0.29, 0.717) is 0 Å². The summed E-state index contributed by atoms with van der Waals surface area (Å²) >= 11 is 3.78. The van der Waals surface area contributed by atoms with Crippen molar-refractivity contribution in [1.82, 2.24) is 0 Å². The van der Waals surface area contributed by atoms with Crippen LogP contribution in [0.15, 0.2) is 23.6 Å². The first-order valence-electron chi connectivity index (χ1n) is 6.22. The Morgan fingerprint density at radius 2 is 2.29 bits per heavy atom. The zero-order valence-corrected chi connectivity index (χ0v) is 11.4. The van der Waals surface area contributed by atoms with Gasteiger partial charge in [0.25, 0.3) is 0 Å². The molecule has 1 nitrogen and oxygen atoms in total. The number of fused-ring (bicyclic) bond motifs is 1. The Hall–Kier alpha value is -0.640. The number of thiophene rings is 2. The van der Waals surface area contributed by atoms with Gasteiger partial charge in [0, 0.05) is 20.7 Å². The molecule has 1 unspecified atom stereocenters. The maximum Gasteiger partial charge on any atom is 0.0393 e. The van der Waals surface area contributed by atoms with E-state index in [0.717, 1.165) is 12.8 Å². The average molecular weight is 263 g/mol. The van der Waals surface area contributed by atoms with E-state index in [-0.39, 0.29) is 6.04 Å². The number of rotatable bonds is 4. The van der Waals surface area contributed by atoms with Crippen molar-refractivity contribution in [2.24, 2.45) is 5.73 Å².